The SMILES string of the molecule is Fc1ccc(-c2nc3ccc(Cl)nc3n2-c2ccc3c(c2)SCN3)cc1. The molecule has 7 heteroatoms. The standard InChI is InChI=1S/C19H12ClFN4S/c20-17-8-7-15-19(24-17)25(13-5-6-14-16(9-13)26-10-22-14)18(23-15)11-1-3-12(21)4-2-11/h1-9,22H,10H2. The number of nitrogens with one attached hydrogen (secondary N) is 1. The minimum atomic E-state index is -0.280. The van der Waals surface area contributed by atoms with E-state index in [1.807, 2.05) is 16.7 Å². The van der Waals surface area contributed by atoms with Gasteiger partial charge in [-0.2, -0.15) is 0 Å². The van der Waals surface area contributed by atoms with Crippen molar-refractivity contribution >= 4 is 40.2 Å². The van der Waals surface area contributed by atoms with Gasteiger partial charge in [0.05, 0.1) is 11.6 Å². The van der Waals surface area contributed by atoms with Crippen LogP contribution in [0.4, 0.5) is 10.1 Å². The highest BCUT2D eigenvalue weighted by atomic mass is 35.5. The molecule has 1 aliphatic heterocycles. The monoisotopic (exact) mass is 382 g/mol. The van der Waals surface area contributed by atoms with Gasteiger partial charge >= 0.3 is 0 Å². The van der Waals surface area contributed by atoms with E-state index in [1.54, 1.807) is 30.0 Å². The summed E-state index contributed by atoms with van der Waals surface area (Å²) in [6.07, 6.45) is 0. The second-order valence-corrected chi connectivity index (χ2v) is 7.30. The van der Waals surface area contributed by atoms with Gasteiger partial charge in [-0.1, -0.05) is 11.6 Å². The highest BCUT2D eigenvalue weighted by Gasteiger charge is 2.18. The quantitative estimate of drug-likeness (QED) is 0.474. The number of pyridine rings is 1. The fourth-order valence-electron chi connectivity index (χ4n) is 3.08. The maximum Gasteiger partial charge on any atom is 0.166 e. The van der Waals surface area contributed by atoms with Crippen LogP contribution in [-0.4, -0.2) is 20.4 Å². The van der Waals surface area contributed by atoms with Gasteiger partial charge in [0.15, 0.2) is 5.65 Å². The zero-order chi connectivity index (χ0) is 17.7. The first-order valence-electron chi connectivity index (χ1n) is 8.01. The van der Waals surface area contributed by atoms with Crippen LogP contribution in [0.3, 0.4) is 0 Å². The maximum absolute atomic E-state index is 13.4. The van der Waals surface area contributed by atoms with E-state index < -0.39 is 0 Å². The van der Waals surface area contributed by atoms with Gasteiger partial charge < -0.3 is 5.32 Å². The van der Waals surface area contributed by atoms with Crippen molar-refractivity contribution in [3.05, 3.63) is 65.6 Å². The van der Waals surface area contributed by atoms with E-state index in [9.17, 15) is 4.39 Å². The molecule has 0 saturated carbocycles. The van der Waals surface area contributed by atoms with Crippen molar-refractivity contribution in [2.24, 2.45) is 0 Å². The van der Waals surface area contributed by atoms with Crippen molar-refractivity contribution in [2.45, 2.75) is 4.90 Å². The molecule has 1 aliphatic rings. The lowest BCUT2D eigenvalue weighted by molar-refractivity contribution is 0.628. The molecule has 0 fully saturated rings. The van der Waals surface area contributed by atoms with Crippen molar-refractivity contribution in [1.82, 2.24) is 14.5 Å². The molecule has 0 saturated heterocycles. The number of benzene rings is 2. The first-order chi connectivity index (χ1) is 12.7. The van der Waals surface area contributed by atoms with Crippen molar-refractivity contribution in [1.29, 1.82) is 0 Å². The number of rotatable bonds is 2. The average molecular weight is 383 g/mol. The van der Waals surface area contributed by atoms with E-state index in [-0.39, 0.29) is 5.82 Å². The maximum atomic E-state index is 13.4. The van der Waals surface area contributed by atoms with Gasteiger partial charge in [-0.15, -0.1) is 11.8 Å². The fourth-order valence-corrected chi connectivity index (χ4v) is 4.10. The number of anilines is 1. The van der Waals surface area contributed by atoms with Crippen LogP contribution in [0, 0.1) is 5.82 Å². The van der Waals surface area contributed by atoms with Crippen LogP contribution in [0.5, 0.6) is 0 Å². The third-order valence-corrected chi connectivity index (χ3v) is 5.43. The lowest BCUT2D eigenvalue weighted by atomic mass is 10.2. The Morgan fingerprint density at radius 2 is 1.88 bits per heavy atom. The van der Waals surface area contributed by atoms with Crippen LogP contribution in [0.25, 0.3) is 28.2 Å². The molecule has 0 spiro atoms. The Kier molecular flexibility index (Phi) is 3.62. The van der Waals surface area contributed by atoms with E-state index in [4.69, 9.17) is 16.6 Å². The first-order valence-corrected chi connectivity index (χ1v) is 9.37. The molecule has 26 heavy (non-hydrogen) atoms. The largest absolute Gasteiger partial charge is 0.375 e. The third kappa shape index (κ3) is 2.53. The van der Waals surface area contributed by atoms with Gasteiger partial charge in [0, 0.05) is 16.1 Å². The second kappa shape index (κ2) is 6.00. The van der Waals surface area contributed by atoms with Crippen LogP contribution in [0.15, 0.2) is 59.5 Å². The summed E-state index contributed by atoms with van der Waals surface area (Å²) < 4.78 is 15.3. The Morgan fingerprint density at radius 3 is 2.73 bits per heavy atom. The summed E-state index contributed by atoms with van der Waals surface area (Å²) >= 11 is 7.88. The highest BCUT2D eigenvalue weighted by Crippen LogP contribution is 2.37. The van der Waals surface area contributed by atoms with Crippen LogP contribution >= 0.6 is 23.4 Å². The third-order valence-electron chi connectivity index (χ3n) is 4.29. The molecule has 1 N–H and O–H groups in total. The normalized spacial score (nSPS) is 13.0. The van der Waals surface area contributed by atoms with Crippen LogP contribution < -0.4 is 5.32 Å². The van der Waals surface area contributed by atoms with Gasteiger partial charge in [0.25, 0.3) is 0 Å². The molecule has 0 unspecified atom stereocenters. The second-order valence-electron chi connectivity index (χ2n) is 5.90. The molecular weight excluding hydrogens is 371 g/mol. The van der Waals surface area contributed by atoms with E-state index in [0.717, 1.165) is 28.3 Å². The zero-order valence-electron chi connectivity index (χ0n) is 13.4. The summed E-state index contributed by atoms with van der Waals surface area (Å²) in [5.41, 5.74) is 4.29. The molecule has 0 radical (unpaired) electrons. The molecule has 0 aliphatic carbocycles. The molecular formula is C19H12ClFN4S. The lowest BCUT2D eigenvalue weighted by Gasteiger charge is -2.10. The molecule has 0 amide bonds. The minimum Gasteiger partial charge on any atom is -0.375 e. The van der Waals surface area contributed by atoms with E-state index >= 15 is 0 Å². The molecule has 5 rings (SSSR count). The van der Waals surface area contributed by atoms with Crippen molar-refractivity contribution in [3.8, 4) is 17.1 Å². The molecule has 0 bridgehead atoms. The first kappa shape index (κ1) is 15.7. The molecule has 128 valence electrons. The van der Waals surface area contributed by atoms with E-state index in [0.29, 0.717) is 16.6 Å². The summed E-state index contributed by atoms with van der Waals surface area (Å²) in [5.74, 6) is 1.28. The molecule has 0 atom stereocenters. The number of aromatic nitrogens is 3. The number of hydrogen-bond acceptors (Lipinski definition) is 4. The van der Waals surface area contributed by atoms with Crippen LogP contribution in [0.1, 0.15) is 0 Å². The van der Waals surface area contributed by atoms with Crippen molar-refractivity contribution in [2.75, 3.05) is 11.2 Å². The Hall–Kier alpha value is -2.57. The topological polar surface area (TPSA) is 42.7 Å². The Labute approximate surface area is 158 Å². The Morgan fingerprint density at radius 1 is 1.04 bits per heavy atom. The van der Waals surface area contributed by atoms with Crippen LogP contribution in [-0.2, 0) is 0 Å². The summed E-state index contributed by atoms with van der Waals surface area (Å²) in [7, 11) is 0. The minimum absolute atomic E-state index is 0.280. The number of imidazole rings is 1. The van der Waals surface area contributed by atoms with Gasteiger partial charge in [-0.3, -0.25) is 4.57 Å². The average Bonchev–Trinajstić information content (AvgIpc) is 3.25. The molecule has 3 heterocycles. The smallest absolute Gasteiger partial charge is 0.166 e. The van der Waals surface area contributed by atoms with Crippen molar-refractivity contribution < 1.29 is 4.39 Å². The lowest BCUT2D eigenvalue weighted by Crippen LogP contribution is -1.99. The molecule has 4 nitrogen and oxygen atoms in total. The summed E-state index contributed by atoms with van der Waals surface area (Å²) in [4.78, 5) is 10.4. The van der Waals surface area contributed by atoms with E-state index in [2.05, 4.69) is 22.4 Å². The number of halogens is 2. The molecule has 4 aromatic rings. The number of hydrogen-bond donors (Lipinski definition) is 1. The summed E-state index contributed by atoms with van der Waals surface area (Å²) in [6, 6.07) is 16.1. The van der Waals surface area contributed by atoms with Gasteiger partial charge in [0.2, 0.25) is 0 Å². The fraction of sp³-hybridized carbons (Fsp3) is 0.0526. The van der Waals surface area contributed by atoms with Gasteiger partial charge in [-0.05, 0) is 54.6 Å². The molecule has 2 aromatic carbocycles. The van der Waals surface area contributed by atoms with Crippen LogP contribution in [0.2, 0.25) is 5.15 Å². The summed E-state index contributed by atoms with van der Waals surface area (Å²) in [6.45, 7) is 0. The number of nitrogens with zero attached hydrogens (tertiary/aromatic N) is 3. The number of fused-ring (bicyclic) bond motifs is 2. The predicted molar refractivity (Wildman–Crippen MR) is 104 cm³/mol. The van der Waals surface area contributed by atoms with Gasteiger partial charge in [0.1, 0.15) is 22.3 Å². The Balaban J connectivity index is 1.80. The van der Waals surface area contributed by atoms with E-state index in [1.165, 1.54) is 17.0 Å². The van der Waals surface area contributed by atoms with Crippen molar-refractivity contribution in [3.63, 3.8) is 0 Å². The summed E-state index contributed by atoms with van der Waals surface area (Å²) in [5, 5.41) is 3.74. The highest BCUT2D eigenvalue weighted by molar-refractivity contribution is 7.99. The van der Waals surface area contributed by atoms with Gasteiger partial charge in [-0.25, -0.2) is 14.4 Å². The zero-order valence-corrected chi connectivity index (χ0v) is 15.0. The number of thioether (sulfide) groups is 1. The predicted octanol–water partition coefficient (Wildman–Crippen LogP) is 5.36. The Bertz CT molecular complexity index is 1140. The molecule has 2 aromatic heterocycles.